The molecule has 3 aliphatic rings. The fraction of sp³-hybridized carbons (Fsp3) is 0.529. The molecular formula is C34H42F3N5O4S. The molecular weight excluding hydrogens is 631 g/mol. The highest BCUT2D eigenvalue weighted by atomic mass is 32.2. The van der Waals surface area contributed by atoms with Crippen LogP contribution < -0.4 is 20.5 Å². The summed E-state index contributed by atoms with van der Waals surface area (Å²) in [6.45, 7) is 5.24. The number of primary sulfonamides is 1. The minimum atomic E-state index is -4.44. The second kappa shape index (κ2) is 12.9. The average molecular weight is 674 g/mol. The van der Waals surface area contributed by atoms with Gasteiger partial charge in [0.05, 0.1) is 42.1 Å². The number of nitrogens with one attached hydrogen (secondary N) is 2. The van der Waals surface area contributed by atoms with Crippen LogP contribution in [0.4, 0.5) is 24.5 Å². The first-order chi connectivity index (χ1) is 22.3. The molecule has 0 amide bonds. The Bertz CT molecular complexity index is 1770. The van der Waals surface area contributed by atoms with Crippen molar-refractivity contribution in [3.05, 3.63) is 48.2 Å². The zero-order valence-electron chi connectivity index (χ0n) is 26.8. The van der Waals surface area contributed by atoms with Crippen LogP contribution in [-0.2, 0) is 21.3 Å². The van der Waals surface area contributed by atoms with Gasteiger partial charge in [-0.25, -0.2) is 13.6 Å². The van der Waals surface area contributed by atoms with Gasteiger partial charge in [0.15, 0.2) is 0 Å². The van der Waals surface area contributed by atoms with Gasteiger partial charge in [-0.15, -0.1) is 0 Å². The summed E-state index contributed by atoms with van der Waals surface area (Å²) in [6, 6.07) is 11.5. The molecule has 1 saturated carbocycles. The number of alkyl halides is 3. The van der Waals surface area contributed by atoms with Crippen LogP contribution in [0.3, 0.4) is 0 Å². The van der Waals surface area contributed by atoms with E-state index >= 15 is 0 Å². The van der Waals surface area contributed by atoms with E-state index in [-0.39, 0.29) is 34.5 Å². The number of nitrogens with zero attached hydrogens (tertiary/aromatic N) is 2. The fourth-order valence-electron chi connectivity index (χ4n) is 7.36. The number of hydrogen-bond acceptors (Lipinski definition) is 7. The molecule has 0 unspecified atom stereocenters. The molecule has 2 aliphatic heterocycles. The number of sulfonamides is 1. The normalized spacial score (nSPS) is 23.1. The summed E-state index contributed by atoms with van der Waals surface area (Å²) in [5, 5.41) is 12.6. The molecule has 2 aromatic carbocycles. The lowest BCUT2D eigenvalue weighted by Crippen LogP contribution is -2.67. The van der Waals surface area contributed by atoms with Crippen LogP contribution in [0.15, 0.2) is 47.4 Å². The number of fused-ring (bicyclic) bond motifs is 1. The Morgan fingerprint density at radius 3 is 2.53 bits per heavy atom. The van der Waals surface area contributed by atoms with Gasteiger partial charge in [-0.2, -0.15) is 13.2 Å². The number of hydrogen-bond donors (Lipinski definition) is 3. The van der Waals surface area contributed by atoms with E-state index < -0.39 is 22.7 Å². The van der Waals surface area contributed by atoms with Crippen molar-refractivity contribution in [1.29, 1.82) is 0 Å². The van der Waals surface area contributed by atoms with E-state index in [1.807, 2.05) is 6.07 Å². The third kappa shape index (κ3) is 7.36. The van der Waals surface area contributed by atoms with Gasteiger partial charge in [0.2, 0.25) is 10.0 Å². The van der Waals surface area contributed by atoms with Crippen LogP contribution in [0.25, 0.3) is 10.9 Å². The number of aromatic nitrogens is 1. The van der Waals surface area contributed by atoms with Gasteiger partial charge in [-0.3, -0.25) is 4.90 Å². The maximum Gasteiger partial charge on any atom is 0.406 e. The Balaban J connectivity index is 1.15. The number of ether oxygens (including phenoxy) is 2. The van der Waals surface area contributed by atoms with Crippen molar-refractivity contribution in [1.82, 2.24) is 9.47 Å². The van der Waals surface area contributed by atoms with Gasteiger partial charge in [0.25, 0.3) is 0 Å². The van der Waals surface area contributed by atoms with E-state index in [0.29, 0.717) is 22.0 Å². The first-order valence-corrected chi connectivity index (χ1v) is 17.5. The quantitative estimate of drug-likeness (QED) is 0.269. The molecule has 1 spiro atoms. The molecule has 0 atom stereocenters. The lowest BCUT2D eigenvalue weighted by Gasteiger charge is -2.60. The van der Waals surface area contributed by atoms with Crippen molar-refractivity contribution in [2.24, 2.45) is 10.6 Å². The molecule has 0 bridgehead atoms. The van der Waals surface area contributed by atoms with Gasteiger partial charge in [0.1, 0.15) is 12.3 Å². The Morgan fingerprint density at radius 1 is 1.11 bits per heavy atom. The number of anilines is 2. The standard InChI is InChI=1S/C34H42F3N5O4S/c1-32(41-20-33(21-41)13-5-17-46-23-33)14-11-24(12-15-32)40-28-7-3-8-30-27(28)18-25(42(30)22-34(35,36)37)6-4-16-39-29-10-9-26(47(38,43)44)19-31(29)45-2/h3,7-10,18-19,24,39-40H,5,11-17,20-23H2,1-2H3,(H2,38,43,44). The maximum atomic E-state index is 13.7. The largest absolute Gasteiger partial charge is 0.495 e. The SMILES string of the molecule is COc1cc(S(N)(=O)=O)ccc1NCC#Cc1cc2c(NC3CCC(C)(N4CC5(CCCOC5)C4)CC3)cccc2n1CC(F)(F)F. The Hall–Kier alpha value is -3.44. The molecule has 6 rings (SSSR count). The van der Waals surface area contributed by atoms with Crippen LogP contribution in [0.5, 0.6) is 5.75 Å². The van der Waals surface area contributed by atoms with Gasteiger partial charge in [-0.05, 0) is 81.7 Å². The van der Waals surface area contributed by atoms with E-state index in [9.17, 15) is 21.6 Å². The average Bonchev–Trinajstić information content (AvgIpc) is 3.35. The van der Waals surface area contributed by atoms with Crippen LogP contribution in [0.2, 0.25) is 0 Å². The number of likely N-dealkylation sites (tertiary alicyclic amines) is 1. The fourth-order valence-corrected chi connectivity index (χ4v) is 7.89. The second-order valence-corrected chi connectivity index (χ2v) is 15.0. The van der Waals surface area contributed by atoms with E-state index in [0.717, 1.165) is 64.1 Å². The molecule has 3 fully saturated rings. The number of methoxy groups -OCH3 is 1. The summed E-state index contributed by atoms with van der Waals surface area (Å²) in [5.74, 6) is 6.06. The molecule has 4 N–H and O–H groups in total. The predicted octanol–water partition coefficient (Wildman–Crippen LogP) is 5.55. The van der Waals surface area contributed by atoms with E-state index in [2.05, 4.69) is 34.3 Å². The molecule has 0 radical (unpaired) electrons. The zero-order valence-corrected chi connectivity index (χ0v) is 27.6. The molecule has 3 heterocycles. The number of nitrogens with two attached hydrogens (primary N) is 1. The maximum absolute atomic E-state index is 13.7. The third-order valence-electron chi connectivity index (χ3n) is 10.0. The van der Waals surface area contributed by atoms with Crippen LogP contribution in [-0.4, -0.2) is 75.6 Å². The molecule has 254 valence electrons. The van der Waals surface area contributed by atoms with E-state index in [1.54, 1.807) is 18.2 Å². The van der Waals surface area contributed by atoms with Crippen LogP contribution in [0.1, 0.15) is 51.1 Å². The van der Waals surface area contributed by atoms with Gasteiger partial charge < -0.3 is 24.7 Å². The predicted molar refractivity (Wildman–Crippen MR) is 176 cm³/mol. The second-order valence-electron chi connectivity index (χ2n) is 13.5. The highest BCUT2D eigenvalue weighted by molar-refractivity contribution is 7.89. The van der Waals surface area contributed by atoms with Crippen molar-refractivity contribution in [3.63, 3.8) is 0 Å². The highest BCUT2D eigenvalue weighted by Crippen LogP contribution is 2.46. The summed E-state index contributed by atoms with van der Waals surface area (Å²) in [5.41, 5.74) is 2.48. The minimum Gasteiger partial charge on any atom is -0.495 e. The summed E-state index contributed by atoms with van der Waals surface area (Å²) in [6.07, 6.45) is 2.04. The van der Waals surface area contributed by atoms with Crippen LogP contribution in [0, 0.1) is 17.3 Å². The molecule has 3 aromatic rings. The number of halogens is 3. The smallest absolute Gasteiger partial charge is 0.406 e. The topological polar surface area (TPSA) is 111 Å². The summed E-state index contributed by atoms with van der Waals surface area (Å²) >= 11 is 0. The molecule has 1 aliphatic carbocycles. The highest BCUT2D eigenvalue weighted by Gasteiger charge is 2.51. The van der Waals surface area contributed by atoms with Gasteiger partial charge in [-0.1, -0.05) is 12.0 Å². The monoisotopic (exact) mass is 673 g/mol. The van der Waals surface area contributed by atoms with Crippen molar-refractivity contribution < 1.29 is 31.1 Å². The van der Waals surface area contributed by atoms with Crippen molar-refractivity contribution in [2.75, 3.05) is 50.6 Å². The molecule has 2 saturated heterocycles. The third-order valence-corrected chi connectivity index (χ3v) is 10.9. The minimum absolute atomic E-state index is 0.0791. The molecule has 9 nitrogen and oxygen atoms in total. The number of rotatable bonds is 8. The molecule has 1 aromatic heterocycles. The Labute approximate surface area is 274 Å². The lowest BCUT2D eigenvalue weighted by molar-refractivity contribution is -0.143. The Morgan fingerprint density at radius 2 is 1.87 bits per heavy atom. The first-order valence-electron chi connectivity index (χ1n) is 16.0. The van der Waals surface area contributed by atoms with Crippen molar-refractivity contribution in [3.8, 4) is 17.6 Å². The van der Waals surface area contributed by atoms with Crippen molar-refractivity contribution >= 4 is 32.3 Å². The van der Waals surface area contributed by atoms with E-state index in [1.165, 1.54) is 36.3 Å². The summed E-state index contributed by atoms with van der Waals surface area (Å²) in [4.78, 5) is 2.53. The number of benzene rings is 2. The van der Waals surface area contributed by atoms with Crippen molar-refractivity contribution in [2.45, 2.75) is 74.6 Å². The zero-order chi connectivity index (χ0) is 33.5. The van der Waals surface area contributed by atoms with Crippen LogP contribution >= 0.6 is 0 Å². The van der Waals surface area contributed by atoms with Gasteiger partial charge >= 0.3 is 6.18 Å². The summed E-state index contributed by atoms with van der Waals surface area (Å²) < 4.78 is 76.8. The first kappa shape index (κ1) is 33.5. The van der Waals surface area contributed by atoms with Gasteiger partial charge in [0, 0.05) is 53.8 Å². The molecule has 13 heteroatoms. The Kier molecular flexibility index (Phi) is 9.17. The molecule has 47 heavy (non-hydrogen) atoms. The summed E-state index contributed by atoms with van der Waals surface area (Å²) in [7, 11) is -2.52. The lowest BCUT2D eigenvalue weighted by atomic mass is 9.69. The van der Waals surface area contributed by atoms with E-state index in [4.69, 9.17) is 14.6 Å².